The molecule has 3 heterocycles. The SMILES string of the molecule is CCC(C)(CC)C(=O)/C=C(\O)C(C)(CC)CC.Cc1oc2ccc3sc4ccnc(-c5[c-]c6ccccc6c(C(C)(C)C)c5)c4c3c2c1CC(C)C.[Ir]. The molecule has 0 aliphatic heterocycles. The number of carbonyl (C=O) groups excluding carboxylic acids is 1. The predicted molar refractivity (Wildman–Crippen MR) is 224 cm³/mol. The van der Waals surface area contributed by atoms with Crippen molar-refractivity contribution in [1.29, 1.82) is 0 Å². The van der Waals surface area contributed by atoms with Crippen LogP contribution in [0.2, 0.25) is 0 Å². The van der Waals surface area contributed by atoms with Gasteiger partial charge in [0.2, 0.25) is 0 Å². The second-order valence-electron chi connectivity index (χ2n) is 16.5. The van der Waals surface area contributed by atoms with Crippen LogP contribution in [0.15, 0.2) is 71.0 Å². The summed E-state index contributed by atoms with van der Waals surface area (Å²) in [7, 11) is 0. The van der Waals surface area contributed by atoms with Gasteiger partial charge in [0.15, 0.2) is 5.78 Å². The third-order valence-electron chi connectivity index (χ3n) is 11.6. The smallest absolute Gasteiger partial charge is 0.164 e. The zero-order chi connectivity index (χ0) is 38.2. The van der Waals surface area contributed by atoms with Crippen LogP contribution in [0.25, 0.3) is 53.2 Å². The molecular weight excluding hydrogens is 851 g/mol. The average molecular weight is 909 g/mol. The number of hydrogen-bond acceptors (Lipinski definition) is 5. The molecular formula is C47H58IrNO3S-. The minimum Gasteiger partial charge on any atom is -0.512 e. The maximum atomic E-state index is 12.2. The largest absolute Gasteiger partial charge is 0.512 e. The molecule has 1 N–H and O–H groups in total. The summed E-state index contributed by atoms with van der Waals surface area (Å²) >= 11 is 1.84. The van der Waals surface area contributed by atoms with Crippen LogP contribution in [-0.2, 0) is 36.7 Å². The number of aliphatic hydroxyl groups excluding tert-OH is 1. The molecule has 6 aromatic rings. The van der Waals surface area contributed by atoms with Gasteiger partial charge in [-0.15, -0.1) is 40.5 Å². The Hall–Kier alpha value is -3.31. The van der Waals surface area contributed by atoms with Gasteiger partial charge in [-0.2, -0.15) is 0 Å². The number of carbonyl (C=O) groups is 1. The standard InChI is InChI=1S/C32H30NOS.C15H28O2.Ir/c1-18(2)15-23-19(3)34-25-11-12-26-29(28(23)25)30-27(35-26)13-14-33-31(30)21-16-20-9-7-8-10-22(20)24(17-21)32(4,5)6;1-7-14(5,8-2)12(16)11-13(17)15(6,9-3)10-4;/h7-14,17-18H,15H2,1-6H3;11,16H,7-10H2,1-6H3;/q-1;;/b;12-11-;. The van der Waals surface area contributed by atoms with Crippen molar-refractivity contribution in [3.8, 4) is 11.3 Å². The molecule has 3 aromatic heterocycles. The third kappa shape index (κ3) is 8.36. The zero-order valence-electron chi connectivity index (χ0n) is 33.8. The van der Waals surface area contributed by atoms with Gasteiger partial charge in [0.25, 0.3) is 0 Å². The first-order valence-corrected chi connectivity index (χ1v) is 20.0. The minimum absolute atomic E-state index is 0. The number of allylic oxidation sites excluding steroid dienone is 2. The van der Waals surface area contributed by atoms with Crippen molar-refractivity contribution in [2.24, 2.45) is 16.7 Å². The van der Waals surface area contributed by atoms with E-state index < -0.39 is 0 Å². The number of benzene rings is 3. The number of nitrogens with zero attached hydrogens (tertiary/aromatic N) is 1. The number of pyridine rings is 1. The predicted octanol–water partition coefficient (Wildman–Crippen LogP) is 14.3. The minimum atomic E-state index is -0.337. The quantitative estimate of drug-likeness (QED) is 0.0845. The first-order chi connectivity index (χ1) is 24.5. The fraction of sp³-hybridized carbons (Fsp3) is 0.447. The summed E-state index contributed by atoms with van der Waals surface area (Å²) in [5.41, 5.74) is 5.09. The van der Waals surface area contributed by atoms with Crippen molar-refractivity contribution < 1.29 is 34.4 Å². The normalized spacial score (nSPS) is 12.8. The van der Waals surface area contributed by atoms with E-state index in [1.165, 1.54) is 48.1 Å². The Labute approximate surface area is 334 Å². The van der Waals surface area contributed by atoms with Crippen LogP contribution in [-0.4, -0.2) is 15.9 Å². The van der Waals surface area contributed by atoms with Crippen LogP contribution in [0.4, 0.5) is 0 Å². The van der Waals surface area contributed by atoms with Crippen LogP contribution in [0.3, 0.4) is 0 Å². The molecule has 0 aliphatic rings. The molecule has 3 aromatic carbocycles. The van der Waals surface area contributed by atoms with Gasteiger partial charge in [-0.1, -0.05) is 105 Å². The summed E-state index contributed by atoms with van der Waals surface area (Å²) in [5.74, 6) is 1.86. The van der Waals surface area contributed by atoms with E-state index in [1.54, 1.807) is 0 Å². The number of aliphatic hydroxyl groups is 1. The van der Waals surface area contributed by atoms with Gasteiger partial charge in [-0.25, -0.2) is 0 Å². The fourth-order valence-electron chi connectivity index (χ4n) is 7.09. The Balaban J connectivity index is 0.000000299. The zero-order valence-corrected chi connectivity index (χ0v) is 37.1. The summed E-state index contributed by atoms with van der Waals surface area (Å²) in [6.45, 7) is 25.6. The van der Waals surface area contributed by atoms with Crippen molar-refractivity contribution in [1.82, 2.24) is 4.98 Å². The molecule has 0 saturated heterocycles. The molecule has 4 nitrogen and oxygen atoms in total. The summed E-state index contributed by atoms with van der Waals surface area (Å²) in [6, 6.07) is 21.1. The van der Waals surface area contributed by atoms with Crippen molar-refractivity contribution >= 4 is 59.0 Å². The van der Waals surface area contributed by atoms with Crippen LogP contribution in [0.1, 0.15) is 119 Å². The van der Waals surface area contributed by atoms with E-state index in [9.17, 15) is 9.90 Å². The number of aryl methyl sites for hydroxylation is 1. The molecule has 53 heavy (non-hydrogen) atoms. The Bertz CT molecular complexity index is 2260. The third-order valence-corrected chi connectivity index (χ3v) is 12.7. The van der Waals surface area contributed by atoms with Gasteiger partial charge in [0.05, 0.1) is 0 Å². The van der Waals surface area contributed by atoms with Gasteiger partial charge in [-0.05, 0) is 73.9 Å². The molecule has 0 atom stereocenters. The Morgan fingerprint density at radius 2 is 1.51 bits per heavy atom. The topological polar surface area (TPSA) is 63.3 Å². The maximum Gasteiger partial charge on any atom is 0.164 e. The molecule has 6 rings (SSSR count). The second kappa shape index (κ2) is 16.6. The van der Waals surface area contributed by atoms with E-state index in [0.717, 1.165) is 60.1 Å². The van der Waals surface area contributed by atoms with Gasteiger partial charge >= 0.3 is 0 Å². The number of hydrogen-bond donors (Lipinski definition) is 1. The van der Waals surface area contributed by atoms with Crippen LogP contribution in [0, 0.1) is 29.7 Å². The summed E-state index contributed by atoms with van der Waals surface area (Å²) in [5, 5.41) is 16.3. The molecule has 0 spiro atoms. The van der Waals surface area contributed by atoms with Crippen LogP contribution < -0.4 is 0 Å². The second-order valence-corrected chi connectivity index (χ2v) is 17.6. The van der Waals surface area contributed by atoms with E-state index >= 15 is 0 Å². The van der Waals surface area contributed by atoms with Crippen molar-refractivity contribution in [2.45, 2.75) is 121 Å². The molecule has 0 saturated carbocycles. The van der Waals surface area contributed by atoms with E-state index in [2.05, 4.69) is 96.1 Å². The number of thiophene rings is 1. The number of rotatable bonds is 10. The number of furan rings is 1. The Morgan fingerprint density at radius 3 is 2.11 bits per heavy atom. The Kier molecular flexibility index (Phi) is 13.3. The van der Waals surface area contributed by atoms with Gasteiger partial charge in [0, 0.05) is 74.6 Å². The van der Waals surface area contributed by atoms with Crippen molar-refractivity contribution in [3.63, 3.8) is 0 Å². The number of aromatic nitrogens is 1. The molecule has 0 bridgehead atoms. The summed E-state index contributed by atoms with van der Waals surface area (Å²) in [6.07, 6.45) is 7.70. The molecule has 0 amide bonds. The monoisotopic (exact) mass is 909 g/mol. The van der Waals surface area contributed by atoms with Crippen LogP contribution in [0.5, 0.6) is 0 Å². The summed E-state index contributed by atoms with van der Waals surface area (Å²) < 4.78 is 8.81. The summed E-state index contributed by atoms with van der Waals surface area (Å²) in [4.78, 5) is 17.2. The van der Waals surface area contributed by atoms with Crippen molar-refractivity contribution in [3.05, 3.63) is 89.5 Å². The van der Waals surface area contributed by atoms with E-state index in [4.69, 9.17) is 9.40 Å². The van der Waals surface area contributed by atoms with E-state index in [0.29, 0.717) is 5.92 Å². The van der Waals surface area contributed by atoms with Crippen molar-refractivity contribution in [2.75, 3.05) is 0 Å². The van der Waals surface area contributed by atoms with Gasteiger partial charge in [0.1, 0.15) is 17.1 Å². The average Bonchev–Trinajstić information content (AvgIpc) is 3.66. The van der Waals surface area contributed by atoms with Crippen LogP contribution >= 0.6 is 11.3 Å². The molecule has 0 fully saturated rings. The molecule has 6 heteroatoms. The maximum absolute atomic E-state index is 12.2. The molecule has 285 valence electrons. The van der Waals surface area contributed by atoms with Gasteiger partial charge < -0.3 is 9.52 Å². The Morgan fingerprint density at radius 1 is 0.887 bits per heavy atom. The number of fused-ring (bicyclic) bond motifs is 6. The molecule has 0 unspecified atom stereocenters. The van der Waals surface area contributed by atoms with E-state index in [1.807, 2.05) is 59.1 Å². The molecule has 0 aliphatic carbocycles. The molecule has 1 radical (unpaired) electrons. The first-order valence-electron chi connectivity index (χ1n) is 19.1. The first kappa shape index (κ1) is 42.4. The van der Waals surface area contributed by atoms with E-state index in [-0.39, 0.29) is 47.9 Å². The number of ketones is 1. The fourth-order valence-corrected chi connectivity index (χ4v) is 8.20. The van der Waals surface area contributed by atoms with Gasteiger partial charge in [-0.3, -0.25) is 9.78 Å².